The molecule has 3 aromatic carbocycles. The van der Waals surface area contributed by atoms with E-state index in [1.807, 2.05) is 60.7 Å². The van der Waals surface area contributed by atoms with E-state index in [1.54, 1.807) is 12.1 Å². The molecule has 0 aliphatic carbocycles. The summed E-state index contributed by atoms with van der Waals surface area (Å²) in [6, 6.07) is 24.0. The maximum Gasteiger partial charge on any atom is 0.271 e. The van der Waals surface area contributed by atoms with Gasteiger partial charge < -0.3 is 0 Å². The Hall–Kier alpha value is -4.04. The minimum atomic E-state index is -0.990. The Kier molecular flexibility index (Phi) is 4.91. The number of anilines is 1. The van der Waals surface area contributed by atoms with Gasteiger partial charge >= 0.3 is 0 Å². The Balaban J connectivity index is 1.53. The Morgan fingerprint density at radius 1 is 0.875 bits per heavy atom. The number of nitro benzene ring substituents is 1. The Morgan fingerprint density at radius 3 is 2.25 bits per heavy atom. The molecule has 0 saturated carbocycles. The van der Waals surface area contributed by atoms with Crippen LogP contribution in [0.1, 0.15) is 17.2 Å². The van der Waals surface area contributed by atoms with Crippen LogP contribution in [0.15, 0.2) is 84.9 Å². The fourth-order valence-corrected chi connectivity index (χ4v) is 4.35. The molecule has 0 bridgehead atoms. The fraction of sp³-hybridized carbons (Fsp3) is 0.167. The molecular formula is C24H19N3O5. The average Bonchev–Trinajstić information content (AvgIpc) is 3.32. The van der Waals surface area contributed by atoms with Crippen molar-refractivity contribution in [1.82, 2.24) is 4.90 Å². The first-order valence-corrected chi connectivity index (χ1v) is 10.2. The number of imide groups is 1. The summed E-state index contributed by atoms with van der Waals surface area (Å²) in [7, 11) is 0. The van der Waals surface area contributed by atoms with Crippen LogP contribution in [0, 0.1) is 16.0 Å². The third-order valence-corrected chi connectivity index (χ3v) is 5.83. The second kappa shape index (κ2) is 7.90. The summed E-state index contributed by atoms with van der Waals surface area (Å²) in [5.74, 6) is -1.48. The third kappa shape index (κ3) is 3.30. The lowest BCUT2D eigenvalue weighted by Crippen LogP contribution is -2.36. The van der Waals surface area contributed by atoms with Crippen molar-refractivity contribution >= 4 is 23.2 Å². The molecule has 0 aromatic heterocycles. The number of carbonyl (C=O) groups is 2. The SMILES string of the molecule is O=C1[C@@H]2[C@H](ON(c3cccc([N+](=O)[O-])c3)[C@@H]2c2ccccc2)C(=O)N1Cc1ccccc1. The van der Waals surface area contributed by atoms with Crippen molar-refractivity contribution in [2.75, 3.05) is 5.06 Å². The van der Waals surface area contributed by atoms with Crippen LogP contribution >= 0.6 is 0 Å². The molecule has 8 nitrogen and oxygen atoms in total. The van der Waals surface area contributed by atoms with Crippen molar-refractivity contribution in [1.29, 1.82) is 0 Å². The highest BCUT2D eigenvalue weighted by Crippen LogP contribution is 2.47. The molecule has 2 aliphatic heterocycles. The van der Waals surface area contributed by atoms with E-state index in [0.717, 1.165) is 11.1 Å². The van der Waals surface area contributed by atoms with E-state index in [9.17, 15) is 19.7 Å². The number of nitrogens with zero attached hydrogens (tertiary/aromatic N) is 3. The highest BCUT2D eigenvalue weighted by Gasteiger charge is 2.59. The van der Waals surface area contributed by atoms with E-state index in [0.29, 0.717) is 5.69 Å². The summed E-state index contributed by atoms with van der Waals surface area (Å²) >= 11 is 0. The summed E-state index contributed by atoms with van der Waals surface area (Å²) < 4.78 is 0. The molecule has 5 rings (SSSR count). The molecule has 32 heavy (non-hydrogen) atoms. The normalized spacial score (nSPS) is 22.3. The molecule has 0 N–H and O–H groups in total. The second-order valence-corrected chi connectivity index (χ2v) is 7.76. The summed E-state index contributed by atoms with van der Waals surface area (Å²) in [5, 5.41) is 12.7. The number of benzene rings is 3. The van der Waals surface area contributed by atoms with E-state index in [4.69, 9.17) is 4.84 Å². The molecule has 2 saturated heterocycles. The molecule has 0 radical (unpaired) electrons. The van der Waals surface area contributed by atoms with E-state index in [1.165, 1.54) is 22.1 Å². The van der Waals surface area contributed by atoms with Crippen molar-refractivity contribution < 1.29 is 19.3 Å². The van der Waals surface area contributed by atoms with Gasteiger partial charge in [0.2, 0.25) is 5.91 Å². The quantitative estimate of drug-likeness (QED) is 0.349. The highest BCUT2D eigenvalue weighted by atomic mass is 16.7. The number of amides is 2. The molecule has 2 amide bonds. The predicted octanol–water partition coefficient (Wildman–Crippen LogP) is 3.64. The average molecular weight is 429 g/mol. The first kappa shape index (κ1) is 19.9. The number of hydroxylamine groups is 1. The zero-order valence-electron chi connectivity index (χ0n) is 16.9. The first-order valence-electron chi connectivity index (χ1n) is 10.2. The van der Waals surface area contributed by atoms with Gasteiger partial charge in [-0.1, -0.05) is 66.7 Å². The van der Waals surface area contributed by atoms with Crippen LogP contribution in [0.2, 0.25) is 0 Å². The molecule has 0 spiro atoms. The lowest BCUT2D eigenvalue weighted by Gasteiger charge is -2.28. The molecule has 0 unspecified atom stereocenters. The van der Waals surface area contributed by atoms with Crippen molar-refractivity contribution in [3.05, 3.63) is 106 Å². The van der Waals surface area contributed by atoms with Gasteiger partial charge in [0.1, 0.15) is 5.92 Å². The molecule has 2 fully saturated rings. The van der Waals surface area contributed by atoms with Crippen molar-refractivity contribution in [2.24, 2.45) is 5.92 Å². The van der Waals surface area contributed by atoms with Gasteiger partial charge in [-0.3, -0.25) is 29.4 Å². The lowest BCUT2D eigenvalue weighted by atomic mass is 9.90. The molecule has 3 atom stereocenters. The fourth-order valence-electron chi connectivity index (χ4n) is 4.35. The summed E-state index contributed by atoms with van der Waals surface area (Å²) in [6.45, 7) is 0.174. The van der Waals surface area contributed by atoms with Crippen LogP contribution in [0.3, 0.4) is 0 Å². The number of non-ortho nitro benzene ring substituents is 1. The van der Waals surface area contributed by atoms with E-state index in [-0.39, 0.29) is 18.1 Å². The van der Waals surface area contributed by atoms with Gasteiger partial charge in [0.15, 0.2) is 6.10 Å². The largest absolute Gasteiger partial charge is 0.275 e. The number of hydrogen-bond acceptors (Lipinski definition) is 6. The minimum Gasteiger partial charge on any atom is -0.275 e. The Bertz CT molecular complexity index is 1180. The second-order valence-electron chi connectivity index (χ2n) is 7.76. The van der Waals surface area contributed by atoms with Gasteiger partial charge in [-0.25, -0.2) is 5.06 Å². The minimum absolute atomic E-state index is 0.0988. The van der Waals surface area contributed by atoms with Crippen LogP contribution in [0.4, 0.5) is 11.4 Å². The third-order valence-electron chi connectivity index (χ3n) is 5.83. The van der Waals surface area contributed by atoms with Gasteiger partial charge in [0.25, 0.3) is 11.6 Å². The standard InChI is InChI=1S/C24H19N3O5/c28-23-20-21(17-10-5-2-6-11-17)26(18-12-7-13-19(14-18)27(30)31)32-22(20)24(29)25(23)15-16-8-3-1-4-9-16/h1-14,20-22H,15H2/t20-,21+,22-/m0/s1. The number of nitro groups is 1. The lowest BCUT2D eigenvalue weighted by molar-refractivity contribution is -0.384. The molecule has 2 heterocycles. The topological polar surface area (TPSA) is 93.0 Å². The van der Waals surface area contributed by atoms with Crippen LogP contribution in [-0.2, 0) is 21.0 Å². The smallest absolute Gasteiger partial charge is 0.271 e. The monoisotopic (exact) mass is 429 g/mol. The number of likely N-dealkylation sites (tertiary alicyclic amines) is 1. The zero-order valence-corrected chi connectivity index (χ0v) is 16.9. The van der Waals surface area contributed by atoms with Crippen molar-refractivity contribution in [3.63, 3.8) is 0 Å². The highest BCUT2D eigenvalue weighted by molar-refractivity contribution is 6.07. The molecule has 3 aromatic rings. The zero-order chi connectivity index (χ0) is 22.2. The maximum atomic E-state index is 13.4. The van der Waals surface area contributed by atoms with Crippen LogP contribution in [0.25, 0.3) is 0 Å². The Labute approximate surface area is 183 Å². The number of rotatable bonds is 5. The summed E-state index contributed by atoms with van der Waals surface area (Å²) in [4.78, 5) is 44.6. The van der Waals surface area contributed by atoms with Crippen LogP contribution in [0.5, 0.6) is 0 Å². The first-order chi connectivity index (χ1) is 15.5. The Morgan fingerprint density at radius 2 is 1.56 bits per heavy atom. The van der Waals surface area contributed by atoms with E-state index in [2.05, 4.69) is 0 Å². The summed E-state index contributed by atoms with van der Waals surface area (Å²) in [6.07, 6.45) is -0.990. The van der Waals surface area contributed by atoms with E-state index < -0.39 is 28.9 Å². The van der Waals surface area contributed by atoms with Gasteiger partial charge in [-0.2, -0.15) is 0 Å². The van der Waals surface area contributed by atoms with Gasteiger partial charge in [0, 0.05) is 12.1 Å². The molecule has 8 heteroatoms. The van der Waals surface area contributed by atoms with Crippen molar-refractivity contribution in [3.8, 4) is 0 Å². The van der Waals surface area contributed by atoms with Gasteiger partial charge in [0.05, 0.1) is 23.2 Å². The summed E-state index contributed by atoms with van der Waals surface area (Å²) in [5.41, 5.74) is 1.95. The van der Waals surface area contributed by atoms with Gasteiger partial charge in [-0.05, 0) is 17.2 Å². The van der Waals surface area contributed by atoms with Crippen LogP contribution in [-0.4, -0.2) is 27.7 Å². The molecular weight excluding hydrogens is 410 g/mol. The molecule has 160 valence electrons. The number of hydrogen-bond donors (Lipinski definition) is 0. The van der Waals surface area contributed by atoms with Gasteiger partial charge in [-0.15, -0.1) is 0 Å². The number of carbonyl (C=O) groups excluding carboxylic acids is 2. The van der Waals surface area contributed by atoms with Crippen molar-refractivity contribution in [2.45, 2.75) is 18.7 Å². The maximum absolute atomic E-state index is 13.4. The predicted molar refractivity (Wildman–Crippen MR) is 115 cm³/mol. The molecule has 2 aliphatic rings. The van der Waals surface area contributed by atoms with Crippen LogP contribution < -0.4 is 5.06 Å². The number of fused-ring (bicyclic) bond motifs is 1. The van der Waals surface area contributed by atoms with E-state index >= 15 is 0 Å².